The lowest BCUT2D eigenvalue weighted by Gasteiger charge is -2.20. The minimum atomic E-state index is -0.489. The SMILES string of the molecule is O=C(OCc1cc(Cl)c2c(c1)OCCO2)c1ccccc1Cl. The molecule has 0 spiro atoms. The van der Waals surface area contributed by atoms with Crippen molar-refractivity contribution in [1.82, 2.24) is 0 Å². The second-order valence-corrected chi connectivity index (χ2v) is 5.47. The third-order valence-electron chi connectivity index (χ3n) is 3.12. The Hall–Kier alpha value is -1.91. The molecule has 0 aliphatic carbocycles. The number of ether oxygens (including phenoxy) is 3. The molecule has 6 heteroatoms. The van der Waals surface area contributed by atoms with E-state index in [0.717, 1.165) is 5.56 Å². The van der Waals surface area contributed by atoms with Gasteiger partial charge < -0.3 is 14.2 Å². The predicted octanol–water partition coefficient (Wildman–Crippen LogP) is 4.12. The van der Waals surface area contributed by atoms with Crippen LogP contribution in [0.3, 0.4) is 0 Å². The van der Waals surface area contributed by atoms with Crippen molar-refractivity contribution in [2.24, 2.45) is 0 Å². The van der Waals surface area contributed by atoms with Gasteiger partial charge in [-0.3, -0.25) is 0 Å². The molecule has 22 heavy (non-hydrogen) atoms. The highest BCUT2D eigenvalue weighted by molar-refractivity contribution is 6.33. The van der Waals surface area contributed by atoms with Gasteiger partial charge in [0.15, 0.2) is 11.5 Å². The molecule has 0 aromatic heterocycles. The van der Waals surface area contributed by atoms with Crippen LogP contribution in [0.15, 0.2) is 36.4 Å². The van der Waals surface area contributed by atoms with Crippen LogP contribution in [0.2, 0.25) is 10.0 Å². The van der Waals surface area contributed by atoms with Crippen molar-refractivity contribution in [3.8, 4) is 11.5 Å². The van der Waals surface area contributed by atoms with Crippen molar-refractivity contribution in [3.63, 3.8) is 0 Å². The standard InChI is InChI=1S/C16H12Cl2O4/c17-12-4-2-1-3-11(12)16(19)22-9-10-7-13(18)15-14(8-10)20-5-6-21-15/h1-4,7-8H,5-6,9H2. The second kappa shape index (κ2) is 6.46. The third-order valence-corrected chi connectivity index (χ3v) is 3.73. The average Bonchev–Trinajstić information content (AvgIpc) is 2.53. The van der Waals surface area contributed by atoms with Gasteiger partial charge in [-0.1, -0.05) is 35.3 Å². The van der Waals surface area contributed by atoms with Crippen LogP contribution in [0.4, 0.5) is 0 Å². The molecular formula is C16H12Cl2O4. The normalized spacial score (nSPS) is 12.8. The number of rotatable bonds is 3. The lowest BCUT2D eigenvalue weighted by molar-refractivity contribution is 0.0472. The zero-order valence-corrected chi connectivity index (χ0v) is 13.0. The summed E-state index contributed by atoms with van der Waals surface area (Å²) in [6, 6.07) is 10.2. The molecule has 0 fully saturated rings. The Morgan fingerprint density at radius 3 is 2.68 bits per heavy atom. The molecule has 1 aliphatic heterocycles. The molecule has 0 amide bonds. The third kappa shape index (κ3) is 3.13. The number of benzene rings is 2. The topological polar surface area (TPSA) is 44.8 Å². The molecule has 0 saturated carbocycles. The first-order chi connectivity index (χ1) is 10.6. The van der Waals surface area contributed by atoms with E-state index in [4.69, 9.17) is 37.4 Å². The molecule has 114 valence electrons. The van der Waals surface area contributed by atoms with Crippen LogP contribution >= 0.6 is 23.2 Å². The lowest BCUT2D eigenvalue weighted by Crippen LogP contribution is -2.16. The van der Waals surface area contributed by atoms with Crippen LogP contribution in [0.5, 0.6) is 11.5 Å². The Labute approximate surface area is 137 Å². The molecule has 0 radical (unpaired) electrons. The van der Waals surface area contributed by atoms with Gasteiger partial charge in [0, 0.05) is 0 Å². The first kappa shape index (κ1) is 15.0. The van der Waals surface area contributed by atoms with Crippen molar-refractivity contribution in [2.45, 2.75) is 6.61 Å². The molecule has 0 unspecified atom stereocenters. The Morgan fingerprint density at radius 2 is 1.86 bits per heavy atom. The van der Waals surface area contributed by atoms with Crippen molar-refractivity contribution in [2.75, 3.05) is 13.2 Å². The molecule has 1 aliphatic rings. The van der Waals surface area contributed by atoms with Gasteiger partial charge in [0.1, 0.15) is 19.8 Å². The molecule has 0 bridgehead atoms. The fourth-order valence-corrected chi connectivity index (χ4v) is 2.60. The van der Waals surface area contributed by atoms with Crippen molar-refractivity contribution >= 4 is 29.2 Å². The van der Waals surface area contributed by atoms with Crippen molar-refractivity contribution in [1.29, 1.82) is 0 Å². The van der Waals surface area contributed by atoms with Gasteiger partial charge in [0.2, 0.25) is 0 Å². The first-order valence-corrected chi connectivity index (χ1v) is 7.40. The summed E-state index contributed by atoms with van der Waals surface area (Å²) in [6.45, 7) is 1.00. The molecule has 2 aromatic carbocycles. The van der Waals surface area contributed by atoms with Crippen LogP contribution in [0.1, 0.15) is 15.9 Å². The summed E-state index contributed by atoms with van der Waals surface area (Å²) in [5.74, 6) is 0.591. The van der Waals surface area contributed by atoms with E-state index in [1.807, 2.05) is 0 Å². The summed E-state index contributed by atoms with van der Waals surface area (Å²) in [6.07, 6.45) is 0. The smallest absolute Gasteiger partial charge is 0.339 e. The molecule has 1 heterocycles. The van der Waals surface area contributed by atoms with E-state index in [9.17, 15) is 4.79 Å². The molecule has 0 N–H and O–H groups in total. The number of fused-ring (bicyclic) bond motifs is 1. The van der Waals surface area contributed by atoms with Crippen LogP contribution in [0.25, 0.3) is 0 Å². The van der Waals surface area contributed by atoms with Gasteiger partial charge in [-0.2, -0.15) is 0 Å². The maximum Gasteiger partial charge on any atom is 0.339 e. The summed E-state index contributed by atoms with van der Waals surface area (Å²) in [4.78, 5) is 12.0. The van der Waals surface area contributed by atoms with Crippen molar-refractivity contribution < 1.29 is 19.0 Å². The Morgan fingerprint density at radius 1 is 1.09 bits per heavy atom. The summed E-state index contributed by atoms with van der Waals surface area (Å²) >= 11 is 12.1. The monoisotopic (exact) mass is 338 g/mol. The Balaban J connectivity index is 1.73. The predicted molar refractivity (Wildman–Crippen MR) is 83.0 cm³/mol. The summed E-state index contributed by atoms with van der Waals surface area (Å²) in [7, 11) is 0. The molecule has 3 rings (SSSR count). The maximum absolute atomic E-state index is 12.0. The number of hydrogen-bond acceptors (Lipinski definition) is 4. The molecule has 0 saturated heterocycles. The molecule has 4 nitrogen and oxygen atoms in total. The zero-order chi connectivity index (χ0) is 15.5. The van der Waals surface area contributed by atoms with E-state index < -0.39 is 5.97 Å². The summed E-state index contributed by atoms with van der Waals surface area (Å²) in [5.41, 5.74) is 1.04. The van der Waals surface area contributed by atoms with E-state index >= 15 is 0 Å². The highest BCUT2D eigenvalue weighted by atomic mass is 35.5. The van der Waals surface area contributed by atoms with Gasteiger partial charge in [-0.05, 0) is 29.8 Å². The highest BCUT2D eigenvalue weighted by Crippen LogP contribution is 2.38. The molecular weight excluding hydrogens is 327 g/mol. The number of halogens is 2. The molecule has 0 atom stereocenters. The Bertz CT molecular complexity index is 715. The lowest BCUT2D eigenvalue weighted by atomic mass is 10.2. The number of carbonyl (C=O) groups excluding carboxylic acids is 1. The van der Waals surface area contributed by atoms with E-state index in [2.05, 4.69) is 0 Å². The highest BCUT2D eigenvalue weighted by Gasteiger charge is 2.18. The van der Waals surface area contributed by atoms with Crippen molar-refractivity contribution in [3.05, 3.63) is 57.6 Å². The van der Waals surface area contributed by atoms with E-state index in [1.54, 1.807) is 36.4 Å². The zero-order valence-electron chi connectivity index (χ0n) is 11.5. The van der Waals surface area contributed by atoms with E-state index in [-0.39, 0.29) is 6.61 Å². The number of hydrogen-bond donors (Lipinski definition) is 0. The maximum atomic E-state index is 12.0. The fraction of sp³-hybridized carbons (Fsp3) is 0.188. The quantitative estimate of drug-likeness (QED) is 0.789. The minimum absolute atomic E-state index is 0.0699. The van der Waals surface area contributed by atoms with Crippen LogP contribution < -0.4 is 9.47 Å². The van der Waals surface area contributed by atoms with Gasteiger partial charge in [0.25, 0.3) is 0 Å². The van der Waals surface area contributed by atoms with Gasteiger partial charge in [0.05, 0.1) is 15.6 Å². The molecule has 2 aromatic rings. The van der Waals surface area contributed by atoms with Gasteiger partial charge in [-0.15, -0.1) is 0 Å². The van der Waals surface area contributed by atoms with Gasteiger partial charge >= 0.3 is 5.97 Å². The Kier molecular flexibility index (Phi) is 4.41. The van der Waals surface area contributed by atoms with E-state index in [1.165, 1.54) is 0 Å². The summed E-state index contributed by atoms with van der Waals surface area (Å²) < 4.78 is 16.2. The fourth-order valence-electron chi connectivity index (χ4n) is 2.10. The van der Waals surface area contributed by atoms with Crippen LogP contribution in [-0.2, 0) is 11.3 Å². The second-order valence-electron chi connectivity index (χ2n) is 4.66. The largest absolute Gasteiger partial charge is 0.486 e. The van der Waals surface area contributed by atoms with Gasteiger partial charge in [-0.25, -0.2) is 4.79 Å². The van der Waals surface area contributed by atoms with E-state index in [0.29, 0.717) is 40.3 Å². The average molecular weight is 339 g/mol. The summed E-state index contributed by atoms with van der Waals surface area (Å²) in [5, 5.41) is 0.786. The number of carbonyl (C=O) groups is 1. The van der Waals surface area contributed by atoms with Crippen LogP contribution in [-0.4, -0.2) is 19.2 Å². The van der Waals surface area contributed by atoms with Crippen LogP contribution in [0, 0.1) is 0 Å². The minimum Gasteiger partial charge on any atom is -0.486 e. The number of esters is 1. The first-order valence-electron chi connectivity index (χ1n) is 6.65.